The van der Waals surface area contributed by atoms with E-state index in [0.717, 1.165) is 45.2 Å². The van der Waals surface area contributed by atoms with Crippen molar-refractivity contribution >= 4 is 18.0 Å². The van der Waals surface area contributed by atoms with Gasteiger partial charge in [-0.05, 0) is 74.3 Å². The molecule has 1 aromatic rings. The van der Waals surface area contributed by atoms with Crippen LogP contribution in [0.1, 0.15) is 101 Å². The van der Waals surface area contributed by atoms with Crippen LogP contribution in [-0.2, 0) is 23.7 Å². The predicted molar refractivity (Wildman–Crippen MR) is 208 cm³/mol. The lowest BCUT2D eigenvalue weighted by Crippen LogP contribution is -2.20. The zero-order valence-corrected chi connectivity index (χ0v) is 33.8. The first-order chi connectivity index (χ1) is 21.9. The summed E-state index contributed by atoms with van der Waals surface area (Å²) in [6.45, 7) is 23.9. The second-order valence-electron chi connectivity index (χ2n) is 9.91. The second kappa shape index (κ2) is 60.5. The van der Waals surface area contributed by atoms with Gasteiger partial charge in [-0.2, -0.15) is 0 Å². The Bertz CT molecular complexity index is 694. The number of carbonyl (C=O) groups is 3. The minimum atomic E-state index is -0.407. The van der Waals surface area contributed by atoms with Crippen molar-refractivity contribution in [3.63, 3.8) is 0 Å². The summed E-state index contributed by atoms with van der Waals surface area (Å²) < 4.78 is 22.8. The summed E-state index contributed by atoms with van der Waals surface area (Å²) in [7, 11) is 15.2. The van der Waals surface area contributed by atoms with Gasteiger partial charge in [-0.15, -0.1) is 10.2 Å². The monoisotopic (exact) mass is 717 g/mol. The number of aryl methyl sites for hydroxylation is 2. The van der Waals surface area contributed by atoms with E-state index in [9.17, 15) is 14.4 Å². The maximum Gasteiger partial charge on any atom is 0.408 e. The molecule has 1 aliphatic carbocycles. The number of aromatic nitrogens is 2. The van der Waals surface area contributed by atoms with E-state index in [1.165, 1.54) is 52.9 Å². The Hall–Kier alpha value is -2.81. The molecule has 1 fully saturated rings. The SMILES string of the molecule is C.C.CC(C)=O.CC1CC1.CCCOCC.CCN(C)C.CCNC.CCOC.CNC(=O)OC.COC(=O)N(C)C.Cc1nnc(C)o1. The van der Waals surface area contributed by atoms with Crippen LogP contribution in [-0.4, -0.2) is 134 Å². The largest absolute Gasteiger partial charge is 0.453 e. The predicted octanol–water partition coefficient (Wildman–Crippen LogP) is 7.14. The van der Waals surface area contributed by atoms with Crippen LogP contribution in [0.25, 0.3) is 0 Å². The van der Waals surface area contributed by atoms with Crippen molar-refractivity contribution in [3.8, 4) is 0 Å². The van der Waals surface area contributed by atoms with E-state index in [4.69, 9.17) is 9.15 Å². The number of hydrogen-bond donors (Lipinski definition) is 2. The number of rotatable bonds is 6. The third-order valence-electron chi connectivity index (χ3n) is 4.25. The van der Waals surface area contributed by atoms with Gasteiger partial charge in [-0.1, -0.05) is 55.4 Å². The number of Topliss-reactive ketones (excluding diaryl/α,β-unsaturated/α-hetero) is 1. The summed E-state index contributed by atoms with van der Waals surface area (Å²) in [6.07, 6.45) is 3.38. The summed E-state index contributed by atoms with van der Waals surface area (Å²) >= 11 is 0. The first kappa shape index (κ1) is 68.2. The molecule has 0 atom stereocenters. The normalized spacial score (nSPS) is 9.31. The number of carbonyl (C=O) groups excluding carboxylic acids is 3. The highest BCUT2D eigenvalue weighted by Gasteiger charge is 2.12. The average molecular weight is 717 g/mol. The Balaban J connectivity index is -0.0000000527. The number of alkyl carbamates (subject to hydrolysis) is 1. The van der Waals surface area contributed by atoms with E-state index < -0.39 is 6.09 Å². The van der Waals surface area contributed by atoms with E-state index >= 15 is 0 Å². The maximum absolute atomic E-state index is 10.2. The molecule has 14 heteroatoms. The van der Waals surface area contributed by atoms with Gasteiger partial charge in [0.05, 0.1) is 14.2 Å². The molecule has 2 rings (SSSR count). The summed E-state index contributed by atoms with van der Waals surface area (Å²) in [5, 5.41) is 12.4. The van der Waals surface area contributed by atoms with Crippen LogP contribution in [0.3, 0.4) is 0 Å². The third kappa shape index (κ3) is 123. The highest BCUT2D eigenvalue weighted by Crippen LogP contribution is 2.26. The smallest absolute Gasteiger partial charge is 0.408 e. The van der Waals surface area contributed by atoms with Crippen molar-refractivity contribution in [2.75, 3.05) is 96.5 Å². The van der Waals surface area contributed by atoms with Crippen LogP contribution in [0.4, 0.5) is 9.59 Å². The Morgan fingerprint density at radius 1 is 0.837 bits per heavy atom. The van der Waals surface area contributed by atoms with E-state index in [2.05, 4.69) is 81.7 Å². The lowest BCUT2D eigenvalue weighted by Gasteiger charge is -2.05. The van der Waals surface area contributed by atoms with Crippen molar-refractivity contribution in [2.45, 2.75) is 103 Å². The van der Waals surface area contributed by atoms with E-state index in [-0.39, 0.29) is 26.7 Å². The molecule has 49 heavy (non-hydrogen) atoms. The summed E-state index contributed by atoms with van der Waals surface area (Å²) in [6, 6.07) is 0. The standard InChI is InChI=1S/C5H12O.C4H6N2O.C4H9NO2.C4H11N.C4H8.C3H7NO2.C3H9N.C3H8O.C3H6O.2CH4/c1-3-5-6-4-2;1-3-5-6-4(2)7-3;1-5(2)4(6)7-3;1-4-5(2)3;1-4-2-3-4;1-4-3(5)6-2;2*1-3-4-2;1-3(2)4;;/h3-5H2,1-2H3;1-2H3;1-3H3;4H2,1-3H3;4H,2-3H2,1H3;1-2H3,(H,4,5);4H,3H2,1-2H3;3H2,1-2H3;1-2H3;2*1H4. The molecule has 0 aromatic carbocycles. The zero-order valence-electron chi connectivity index (χ0n) is 33.8. The van der Waals surface area contributed by atoms with E-state index in [1.807, 2.05) is 20.9 Å². The molecule has 0 aliphatic heterocycles. The maximum atomic E-state index is 10.2. The molecule has 0 saturated heterocycles. The number of hydrogen-bond acceptors (Lipinski definition) is 12. The van der Waals surface area contributed by atoms with Crippen LogP contribution in [0.15, 0.2) is 4.42 Å². The number of amides is 2. The van der Waals surface area contributed by atoms with E-state index in [0.29, 0.717) is 11.8 Å². The number of ether oxygens (including phenoxy) is 4. The zero-order chi connectivity index (χ0) is 38.6. The molecule has 0 bridgehead atoms. The molecular weight excluding hydrogens is 632 g/mol. The first-order valence-corrected chi connectivity index (χ1v) is 16.0. The molecule has 302 valence electrons. The van der Waals surface area contributed by atoms with Crippen molar-refractivity contribution in [2.24, 2.45) is 5.92 Å². The van der Waals surface area contributed by atoms with Crippen molar-refractivity contribution in [1.29, 1.82) is 0 Å². The molecule has 0 spiro atoms. The Morgan fingerprint density at radius 3 is 1.22 bits per heavy atom. The third-order valence-corrected chi connectivity index (χ3v) is 4.25. The number of nitrogens with one attached hydrogen (secondary N) is 2. The molecule has 0 radical (unpaired) electrons. The molecule has 2 amide bonds. The lowest BCUT2D eigenvalue weighted by atomic mass is 10.5. The molecule has 1 aliphatic rings. The fourth-order valence-corrected chi connectivity index (χ4v) is 1.14. The van der Waals surface area contributed by atoms with Gasteiger partial charge in [0.25, 0.3) is 0 Å². The summed E-state index contributed by atoms with van der Waals surface area (Å²) in [4.78, 5) is 33.0. The molecule has 2 N–H and O–H groups in total. The van der Waals surface area contributed by atoms with Gasteiger partial charge in [0.1, 0.15) is 5.78 Å². The van der Waals surface area contributed by atoms with Gasteiger partial charge >= 0.3 is 12.2 Å². The van der Waals surface area contributed by atoms with Gasteiger partial charge in [0.2, 0.25) is 11.8 Å². The summed E-state index contributed by atoms with van der Waals surface area (Å²) in [5.41, 5.74) is 0. The van der Waals surface area contributed by atoms with Crippen LogP contribution >= 0.6 is 0 Å². The highest BCUT2D eigenvalue weighted by atomic mass is 16.5. The summed E-state index contributed by atoms with van der Waals surface area (Å²) in [5.74, 6) is 2.50. The second-order valence-corrected chi connectivity index (χ2v) is 9.91. The van der Waals surface area contributed by atoms with Crippen molar-refractivity contribution in [1.82, 2.24) is 30.6 Å². The molecule has 0 unspecified atom stereocenters. The molecule has 1 heterocycles. The van der Waals surface area contributed by atoms with Gasteiger partial charge in [-0.25, -0.2) is 9.59 Å². The number of ketones is 1. The fourth-order valence-electron chi connectivity index (χ4n) is 1.14. The fraction of sp³-hybridized carbons (Fsp3) is 0.857. The minimum Gasteiger partial charge on any atom is -0.453 e. The first-order valence-electron chi connectivity index (χ1n) is 16.0. The van der Waals surface area contributed by atoms with Crippen molar-refractivity contribution < 1.29 is 37.7 Å². The number of nitrogens with zero attached hydrogens (tertiary/aromatic N) is 4. The molecule has 14 nitrogen and oxygen atoms in total. The highest BCUT2D eigenvalue weighted by molar-refractivity contribution is 5.72. The van der Waals surface area contributed by atoms with Crippen LogP contribution in [0.2, 0.25) is 0 Å². The number of methoxy groups -OCH3 is 3. The minimum absolute atomic E-state index is 0. The van der Waals surface area contributed by atoms with Gasteiger partial charge in [0.15, 0.2) is 0 Å². The van der Waals surface area contributed by atoms with Crippen LogP contribution < -0.4 is 10.6 Å². The van der Waals surface area contributed by atoms with Crippen LogP contribution in [0.5, 0.6) is 0 Å². The Kier molecular flexibility index (Phi) is 84.2. The topological polar surface area (TPSA) is 158 Å². The molecular formula is C35H84N6O8. The van der Waals surface area contributed by atoms with Gasteiger partial charge < -0.3 is 48.6 Å². The molecule has 1 saturated carbocycles. The van der Waals surface area contributed by atoms with Crippen LogP contribution in [0, 0.1) is 19.8 Å². The van der Waals surface area contributed by atoms with Crippen molar-refractivity contribution in [3.05, 3.63) is 11.8 Å². The Labute approximate surface area is 303 Å². The van der Waals surface area contributed by atoms with E-state index in [1.54, 1.807) is 35.1 Å². The molecule has 1 aromatic heterocycles. The van der Waals surface area contributed by atoms with Gasteiger partial charge in [0, 0.05) is 61.9 Å². The average Bonchev–Trinajstić information content (AvgIpc) is 3.75. The lowest BCUT2D eigenvalue weighted by molar-refractivity contribution is -0.115. The van der Waals surface area contributed by atoms with Gasteiger partial charge in [-0.3, -0.25) is 0 Å². The quantitative estimate of drug-likeness (QED) is 0.287. The Morgan fingerprint density at radius 2 is 1.18 bits per heavy atom.